The molecule has 2 fully saturated rings. The summed E-state index contributed by atoms with van der Waals surface area (Å²) in [5.74, 6) is 6.16. The van der Waals surface area contributed by atoms with E-state index < -0.39 is 11.4 Å². The van der Waals surface area contributed by atoms with Crippen LogP contribution >= 0.6 is 11.6 Å². The highest BCUT2D eigenvalue weighted by atomic mass is 35.5. The molecule has 2 aliphatic carbocycles. The lowest BCUT2D eigenvalue weighted by Crippen LogP contribution is -2.24. The van der Waals surface area contributed by atoms with E-state index in [1.807, 2.05) is 19.1 Å². The molecule has 1 amide bonds. The molecule has 8 heteroatoms. The molecule has 2 saturated carbocycles. The summed E-state index contributed by atoms with van der Waals surface area (Å²) >= 11 is 5.85. The van der Waals surface area contributed by atoms with Crippen molar-refractivity contribution in [3.05, 3.63) is 76.3 Å². The number of fused-ring (bicyclic) bond motifs is 1. The Labute approximate surface area is 208 Å². The number of hydrogen-bond acceptors (Lipinski definition) is 4. The molecular weight excluding hydrogens is 467 g/mol. The van der Waals surface area contributed by atoms with Gasteiger partial charge in [-0.25, -0.2) is 9.37 Å². The predicted octanol–water partition coefficient (Wildman–Crippen LogP) is 4.85. The molecule has 0 bridgehead atoms. The van der Waals surface area contributed by atoms with E-state index in [4.69, 9.17) is 11.6 Å². The van der Waals surface area contributed by atoms with Crippen molar-refractivity contribution in [1.29, 1.82) is 0 Å². The average molecular weight is 493 g/mol. The number of benzene rings is 1. The Morgan fingerprint density at radius 2 is 1.97 bits per heavy atom. The Bertz CT molecular complexity index is 1340. The second kappa shape index (κ2) is 9.10. The first-order valence-corrected chi connectivity index (χ1v) is 12.0. The maximum absolute atomic E-state index is 13.5. The highest BCUT2D eigenvalue weighted by molar-refractivity contribution is 6.31. The molecule has 5 rings (SSSR count). The smallest absolute Gasteiger partial charge is 0.274 e. The third-order valence-corrected chi connectivity index (χ3v) is 7.41. The third kappa shape index (κ3) is 4.82. The number of anilines is 1. The van der Waals surface area contributed by atoms with Crippen LogP contribution in [0.4, 0.5) is 10.1 Å². The van der Waals surface area contributed by atoms with Crippen molar-refractivity contribution in [2.75, 3.05) is 5.32 Å². The summed E-state index contributed by atoms with van der Waals surface area (Å²) < 4.78 is 15.2. The first-order chi connectivity index (χ1) is 16.7. The normalized spacial score (nSPS) is 25.1. The van der Waals surface area contributed by atoms with Crippen LogP contribution in [-0.4, -0.2) is 31.1 Å². The first kappa shape index (κ1) is 23.5. The number of nitrogens with zero attached hydrogens (tertiary/aromatic N) is 3. The second-order valence-electron chi connectivity index (χ2n) is 9.74. The van der Waals surface area contributed by atoms with Gasteiger partial charge in [0.2, 0.25) is 0 Å². The van der Waals surface area contributed by atoms with Gasteiger partial charge in [0.25, 0.3) is 5.91 Å². The van der Waals surface area contributed by atoms with E-state index in [9.17, 15) is 14.3 Å². The maximum Gasteiger partial charge on any atom is 0.274 e. The summed E-state index contributed by atoms with van der Waals surface area (Å²) in [6.07, 6.45) is 6.31. The van der Waals surface area contributed by atoms with E-state index in [-0.39, 0.29) is 16.8 Å². The van der Waals surface area contributed by atoms with Crippen LogP contribution in [-0.2, 0) is 7.05 Å². The number of halogens is 2. The topological polar surface area (TPSA) is 80.0 Å². The lowest BCUT2D eigenvalue weighted by Gasteiger charge is -2.19. The third-order valence-electron chi connectivity index (χ3n) is 7.12. The fourth-order valence-electron chi connectivity index (χ4n) is 5.59. The van der Waals surface area contributed by atoms with Crippen molar-refractivity contribution in [1.82, 2.24) is 14.5 Å². The van der Waals surface area contributed by atoms with Crippen LogP contribution in [0.25, 0.3) is 0 Å². The molecule has 0 spiro atoms. The first-order valence-electron chi connectivity index (χ1n) is 11.7. The second-order valence-corrected chi connectivity index (χ2v) is 10.1. The number of aromatic nitrogens is 3. The van der Waals surface area contributed by atoms with Crippen molar-refractivity contribution < 1.29 is 14.3 Å². The number of hydrogen-bond donors (Lipinski definition) is 2. The van der Waals surface area contributed by atoms with Gasteiger partial charge >= 0.3 is 0 Å². The van der Waals surface area contributed by atoms with E-state index in [1.165, 1.54) is 18.2 Å². The van der Waals surface area contributed by atoms with Gasteiger partial charge in [0.05, 0.1) is 17.0 Å². The summed E-state index contributed by atoms with van der Waals surface area (Å²) in [6.45, 7) is 1.92. The highest BCUT2D eigenvalue weighted by Gasteiger charge is 2.49. The molecular formula is C27H26ClFN4O2. The van der Waals surface area contributed by atoms with Crippen LogP contribution in [0.5, 0.6) is 0 Å². The SMILES string of the molecule is Cc1cc(C#CC2(O)CC3CC(c4ncn(C)c4C(=O)Nc4ccc(F)c(Cl)c4)CC3C2)ccn1. The average Bonchev–Trinajstić information content (AvgIpc) is 3.46. The van der Waals surface area contributed by atoms with E-state index >= 15 is 0 Å². The summed E-state index contributed by atoms with van der Waals surface area (Å²) in [5, 5.41) is 13.9. The highest BCUT2D eigenvalue weighted by Crippen LogP contribution is 2.53. The number of aryl methyl sites for hydroxylation is 2. The number of imidazole rings is 1. The number of amides is 1. The Hall–Kier alpha value is -3.21. The number of pyridine rings is 1. The zero-order valence-corrected chi connectivity index (χ0v) is 20.3. The summed E-state index contributed by atoms with van der Waals surface area (Å²) in [6, 6.07) is 7.85. The monoisotopic (exact) mass is 492 g/mol. The standard InChI is InChI=1S/C27H26ClFN4O2/c1-16-9-17(6-8-30-16)5-7-27(35)13-19-10-18(11-20(19)14-27)24-25(33(2)15-31-24)26(34)32-21-3-4-23(29)22(28)12-21/h3-4,6,8-9,12,15,18-20,35H,10-11,13-14H2,1-2H3,(H,32,34). The lowest BCUT2D eigenvalue weighted by molar-refractivity contribution is 0.0979. The van der Waals surface area contributed by atoms with E-state index in [0.717, 1.165) is 29.8 Å². The summed E-state index contributed by atoms with van der Waals surface area (Å²) in [7, 11) is 1.79. The van der Waals surface area contributed by atoms with Crippen LogP contribution in [0.3, 0.4) is 0 Å². The Balaban J connectivity index is 1.29. The van der Waals surface area contributed by atoms with Gasteiger partial charge in [0.1, 0.15) is 17.1 Å². The minimum absolute atomic E-state index is 0.0497. The van der Waals surface area contributed by atoms with Gasteiger partial charge in [-0.05, 0) is 74.8 Å². The van der Waals surface area contributed by atoms with Crippen molar-refractivity contribution in [3.63, 3.8) is 0 Å². The molecule has 2 aliphatic rings. The van der Waals surface area contributed by atoms with Crippen molar-refractivity contribution in [2.45, 2.75) is 44.1 Å². The minimum atomic E-state index is -0.996. The molecule has 2 unspecified atom stereocenters. The molecule has 0 saturated heterocycles. The van der Waals surface area contributed by atoms with Gasteiger partial charge in [0, 0.05) is 36.1 Å². The fourth-order valence-corrected chi connectivity index (χ4v) is 5.77. The summed E-state index contributed by atoms with van der Waals surface area (Å²) in [5.41, 5.74) is 2.42. The Kier molecular flexibility index (Phi) is 6.12. The number of rotatable bonds is 3. The van der Waals surface area contributed by atoms with E-state index in [2.05, 4.69) is 27.1 Å². The molecule has 2 heterocycles. The lowest BCUT2D eigenvalue weighted by atomic mass is 9.92. The molecule has 180 valence electrons. The molecule has 6 nitrogen and oxygen atoms in total. The van der Waals surface area contributed by atoms with Crippen LogP contribution < -0.4 is 5.32 Å². The van der Waals surface area contributed by atoms with Crippen LogP contribution in [0, 0.1) is 36.4 Å². The zero-order chi connectivity index (χ0) is 24.7. The molecule has 1 aromatic carbocycles. The van der Waals surface area contributed by atoms with Crippen molar-refractivity contribution in [3.8, 4) is 11.8 Å². The van der Waals surface area contributed by atoms with Gasteiger partial charge in [-0.1, -0.05) is 23.4 Å². The molecule has 2 aromatic heterocycles. The maximum atomic E-state index is 13.5. The van der Waals surface area contributed by atoms with Gasteiger partial charge in [0.15, 0.2) is 0 Å². The number of carbonyl (C=O) groups excluding carboxylic acids is 1. The number of aliphatic hydroxyl groups is 1. The number of nitrogens with one attached hydrogen (secondary N) is 1. The van der Waals surface area contributed by atoms with Gasteiger partial charge in [-0.15, -0.1) is 0 Å². The molecule has 3 aromatic rings. The molecule has 0 aliphatic heterocycles. The van der Waals surface area contributed by atoms with Crippen molar-refractivity contribution in [2.24, 2.45) is 18.9 Å². The zero-order valence-electron chi connectivity index (χ0n) is 19.6. The van der Waals surface area contributed by atoms with Gasteiger partial charge in [-0.3, -0.25) is 9.78 Å². The van der Waals surface area contributed by atoms with E-state index in [1.54, 1.807) is 24.1 Å². The fraction of sp³-hybridized carbons (Fsp3) is 0.370. The van der Waals surface area contributed by atoms with Crippen LogP contribution in [0.15, 0.2) is 42.9 Å². The summed E-state index contributed by atoms with van der Waals surface area (Å²) in [4.78, 5) is 21.8. The quantitative estimate of drug-likeness (QED) is 0.512. The minimum Gasteiger partial charge on any atom is -0.378 e. The van der Waals surface area contributed by atoms with Crippen LogP contribution in [0.2, 0.25) is 5.02 Å². The molecule has 35 heavy (non-hydrogen) atoms. The predicted molar refractivity (Wildman–Crippen MR) is 132 cm³/mol. The van der Waals surface area contributed by atoms with E-state index in [0.29, 0.717) is 36.1 Å². The largest absolute Gasteiger partial charge is 0.378 e. The Morgan fingerprint density at radius 3 is 2.66 bits per heavy atom. The number of carbonyl (C=O) groups is 1. The molecule has 2 N–H and O–H groups in total. The van der Waals surface area contributed by atoms with Gasteiger partial charge < -0.3 is 15.0 Å². The van der Waals surface area contributed by atoms with Gasteiger partial charge in [-0.2, -0.15) is 0 Å². The molecule has 0 radical (unpaired) electrons. The molecule has 2 atom stereocenters. The van der Waals surface area contributed by atoms with Crippen LogP contribution in [0.1, 0.15) is 59.0 Å². The van der Waals surface area contributed by atoms with Crippen molar-refractivity contribution >= 4 is 23.2 Å². The Morgan fingerprint density at radius 1 is 1.23 bits per heavy atom.